The van der Waals surface area contributed by atoms with Crippen LogP contribution in [0.15, 0.2) is 18.2 Å². The van der Waals surface area contributed by atoms with Gasteiger partial charge in [0.1, 0.15) is 5.69 Å². The smallest absolute Gasteiger partial charge is 0.272 e. The molecule has 1 aromatic rings. The number of pyridine rings is 1. The Kier molecular flexibility index (Phi) is 7.99. The van der Waals surface area contributed by atoms with Crippen LogP contribution < -0.4 is 5.32 Å². The van der Waals surface area contributed by atoms with Gasteiger partial charge in [0.15, 0.2) is 0 Å². The SMILES string of the molecule is CNC1CCCN(C(=O)c2cccc(C)n2)C1.Cl.Cl. The van der Waals surface area contributed by atoms with Crippen molar-refractivity contribution < 1.29 is 4.79 Å². The summed E-state index contributed by atoms with van der Waals surface area (Å²) in [5.74, 6) is 0.0497. The maximum atomic E-state index is 12.2. The minimum absolute atomic E-state index is 0. The van der Waals surface area contributed by atoms with Gasteiger partial charge in [-0.25, -0.2) is 4.98 Å². The molecule has 1 unspecified atom stereocenters. The van der Waals surface area contributed by atoms with Crippen molar-refractivity contribution >= 4 is 30.7 Å². The number of piperidine rings is 1. The van der Waals surface area contributed by atoms with Gasteiger partial charge in [0.2, 0.25) is 0 Å². The van der Waals surface area contributed by atoms with Crippen molar-refractivity contribution in [1.29, 1.82) is 0 Å². The molecular weight excluding hydrogens is 285 g/mol. The maximum absolute atomic E-state index is 12.2. The zero-order chi connectivity index (χ0) is 12.3. The monoisotopic (exact) mass is 305 g/mol. The Bertz CT molecular complexity index is 415. The van der Waals surface area contributed by atoms with Gasteiger partial charge in [-0.3, -0.25) is 4.79 Å². The number of likely N-dealkylation sites (N-methyl/N-ethyl adjacent to an activating group) is 1. The highest BCUT2D eigenvalue weighted by Gasteiger charge is 2.24. The van der Waals surface area contributed by atoms with E-state index in [4.69, 9.17) is 0 Å². The molecule has 0 aliphatic carbocycles. The first-order valence-electron chi connectivity index (χ1n) is 6.11. The summed E-state index contributed by atoms with van der Waals surface area (Å²) >= 11 is 0. The summed E-state index contributed by atoms with van der Waals surface area (Å²) in [5.41, 5.74) is 1.44. The number of likely N-dealkylation sites (tertiary alicyclic amines) is 1. The topological polar surface area (TPSA) is 45.2 Å². The number of rotatable bonds is 2. The van der Waals surface area contributed by atoms with Gasteiger partial charge in [0.05, 0.1) is 0 Å². The van der Waals surface area contributed by atoms with Crippen LogP contribution in [0.5, 0.6) is 0 Å². The van der Waals surface area contributed by atoms with E-state index in [0.29, 0.717) is 11.7 Å². The fourth-order valence-corrected chi connectivity index (χ4v) is 2.22. The Morgan fingerprint density at radius 1 is 1.42 bits per heavy atom. The lowest BCUT2D eigenvalue weighted by Crippen LogP contribution is -2.47. The Labute approximate surface area is 126 Å². The van der Waals surface area contributed by atoms with Crippen molar-refractivity contribution in [1.82, 2.24) is 15.2 Å². The zero-order valence-electron chi connectivity index (χ0n) is 11.3. The van der Waals surface area contributed by atoms with Crippen LogP contribution >= 0.6 is 24.8 Å². The number of aromatic nitrogens is 1. The molecule has 0 aromatic carbocycles. The van der Waals surface area contributed by atoms with Gasteiger partial charge in [-0.1, -0.05) is 6.07 Å². The second-order valence-corrected chi connectivity index (χ2v) is 4.54. The van der Waals surface area contributed by atoms with Crippen molar-refractivity contribution in [3.05, 3.63) is 29.6 Å². The van der Waals surface area contributed by atoms with Crippen LogP contribution in [0, 0.1) is 6.92 Å². The first-order chi connectivity index (χ1) is 8.20. The Balaban J connectivity index is 0.00000162. The Morgan fingerprint density at radius 2 is 2.16 bits per heavy atom. The van der Waals surface area contributed by atoms with Crippen LogP contribution in [0.25, 0.3) is 0 Å². The molecule has 1 fully saturated rings. The number of amides is 1. The highest BCUT2D eigenvalue weighted by Crippen LogP contribution is 2.12. The number of carbonyl (C=O) groups is 1. The minimum atomic E-state index is 0. The molecule has 19 heavy (non-hydrogen) atoms. The second kappa shape index (κ2) is 8.35. The van der Waals surface area contributed by atoms with Gasteiger partial charge in [-0.05, 0) is 38.9 Å². The summed E-state index contributed by atoms with van der Waals surface area (Å²) in [7, 11) is 1.95. The largest absolute Gasteiger partial charge is 0.336 e. The molecule has 1 aliphatic heterocycles. The van der Waals surface area contributed by atoms with Crippen LogP contribution in [0.3, 0.4) is 0 Å². The number of nitrogens with zero attached hydrogens (tertiary/aromatic N) is 2. The number of halogens is 2. The van der Waals surface area contributed by atoms with Crippen molar-refractivity contribution in [2.45, 2.75) is 25.8 Å². The van der Waals surface area contributed by atoms with Gasteiger partial charge in [0, 0.05) is 24.8 Å². The third-order valence-electron chi connectivity index (χ3n) is 3.22. The number of carbonyl (C=O) groups excluding carboxylic acids is 1. The van der Waals surface area contributed by atoms with Crippen LogP contribution in [0.2, 0.25) is 0 Å². The van der Waals surface area contributed by atoms with Crippen LogP contribution in [-0.2, 0) is 0 Å². The first kappa shape index (κ1) is 18.2. The molecule has 0 saturated carbocycles. The van der Waals surface area contributed by atoms with Crippen molar-refractivity contribution in [2.24, 2.45) is 0 Å². The summed E-state index contributed by atoms with van der Waals surface area (Å²) in [4.78, 5) is 18.4. The van der Waals surface area contributed by atoms with E-state index in [2.05, 4.69) is 10.3 Å². The number of hydrogen-bond acceptors (Lipinski definition) is 3. The predicted octanol–water partition coefficient (Wildman–Crippen LogP) is 2.06. The third kappa shape index (κ3) is 4.64. The quantitative estimate of drug-likeness (QED) is 0.909. The zero-order valence-corrected chi connectivity index (χ0v) is 12.9. The van der Waals surface area contributed by atoms with E-state index in [0.717, 1.165) is 31.6 Å². The molecule has 1 saturated heterocycles. The van der Waals surface area contributed by atoms with Crippen LogP contribution in [-0.4, -0.2) is 42.0 Å². The number of hydrogen-bond donors (Lipinski definition) is 1. The molecule has 0 radical (unpaired) electrons. The minimum Gasteiger partial charge on any atom is -0.336 e. The number of aryl methyl sites for hydroxylation is 1. The molecule has 1 atom stereocenters. The maximum Gasteiger partial charge on any atom is 0.272 e. The normalized spacial score (nSPS) is 18.2. The lowest BCUT2D eigenvalue weighted by molar-refractivity contribution is 0.0692. The van der Waals surface area contributed by atoms with E-state index in [1.165, 1.54) is 0 Å². The average molecular weight is 306 g/mol. The molecule has 2 rings (SSSR count). The lowest BCUT2D eigenvalue weighted by atomic mass is 10.1. The third-order valence-corrected chi connectivity index (χ3v) is 3.22. The molecule has 0 bridgehead atoms. The molecule has 1 aromatic heterocycles. The summed E-state index contributed by atoms with van der Waals surface area (Å²) in [6.45, 7) is 3.53. The Hall–Kier alpha value is -0.840. The predicted molar refractivity (Wildman–Crippen MR) is 81.5 cm³/mol. The fraction of sp³-hybridized carbons (Fsp3) is 0.538. The van der Waals surface area contributed by atoms with Gasteiger partial charge in [0.25, 0.3) is 5.91 Å². The van der Waals surface area contributed by atoms with Gasteiger partial charge < -0.3 is 10.2 Å². The highest BCUT2D eigenvalue weighted by molar-refractivity contribution is 5.92. The summed E-state index contributed by atoms with van der Waals surface area (Å²) < 4.78 is 0. The molecule has 2 heterocycles. The molecule has 1 N–H and O–H groups in total. The molecule has 0 spiro atoms. The highest BCUT2D eigenvalue weighted by atomic mass is 35.5. The van der Waals surface area contributed by atoms with Gasteiger partial charge >= 0.3 is 0 Å². The van der Waals surface area contributed by atoms with E-state index in [-0.39, 0.29) is 30.7 Å². The van der Waals surface area contributed by atoms with E-state index in [1.807, 2.05) is 31.0 Å². The summed E-state index contributed by atoms with van der Waals surface area (Å²) in [6.07, 6.45) is 2.20. The van der Waals surface area contributed by atoms with E-state index >= 15 is 0 Å². The molecular formula is C13H21Cl2N3O. The van der Waals surface area contributed by atoms with E-state index in [1.54, 1.807) is 6.07 Å². The van der Waals surface area contributed by atoms with Crippen molar-refractivity contribution in [2.75, 3.05) is 20.1 Å². The first-order valence-corrected chi connectivity index (χ1v) is 6.11. The van der Waals surface area contributed by atoms with Gasteiger partial charge in [-0.15, -0.1) is 24.8 Å². The summed E-state index contributed by atoms with van der Waals surface area (Å²) in [5, 5.41) is 3.24. The van der Waals surface area contributed by atoms with Crippen molar-refractivity contribution in [3.63, 3.8) is 0 Å². The van der Waals surface area contributed by atoms with Crippen LogP contribution in [0.1, 0.15) is 29.0 Å². The van der Waals surface area contributed by atoms with Gasteiger partial charge in [-0.2, -0.15) is 0 Å². The van der Waals surface area contributed by atoms with E-state index in [9.17, 15) is 4.79 Å². The second-order valence-electron chi connectivity index (χ2n) is 4.54. The standard InChI is InChI=1S/C13H19N3O.2ClH/c1-10-5-3-7-12(15-10)13(17)16-8-4-6-11(9-16)14-2;;/h3,5,7,11,14H,4,6,8-9H2,1-2H3;2*1H. The van der Waals surface area contributed by atoms with Crippen LogP contribution in [0.4, 0.5) is 0 Å². The van der Waals surface area contributed by atoms with Crippen molar-refractivity contribution in [3.8, 4) is 0 Å². The molecule has 1 aliphatic rings. The summed E-state index contributed by atoms with van der Waals surface area (Å²) in [6, 6.07) is 5.99. The number of nitrogens with one attached hydrogen (secondary N) is 1. The fourth-order valence-electron chi connectivity index (χ4n) is 2.22. The molecule has 108 valence electrons. The molecule has 6 heteroatoms. The molecule has 1 amide bonds. The molecule has 4 nitrogen and oxygen atoms in total. The van der Waals surface area contributed by atoms with E-state index < -0.39 is 0 Å². The Morgan fingerprint density at radius 3 is 2.79 bits per heavy atom. The lowest BCUT2D eigenvalue weighted by Gasteiger charge is -2.32. The average Bonchev–Trinajstić information content (AvgIpc) is 2.38.